The molecule has 4 nitrogen and oxygen atoms in total. The molecule has 1 aliphatic heterocycles. The molecule has 1 fully saturated rings. The molecule has 1 aromatic heterocycles. The maximum absolute atomic E-state index is 12.4. The van der Waals surface area contributed by atoms with E-state index in [1.54, 1.807) is 6.20 Å². The summed E-state index contributed by atoms with van der Waals surface area (Å²) in [6.07, 6.45) is 8.20. The molecule has 0 radical (unpaired) electrons. The first-order valence-electron chi connectivity index (χ1n) is 6.45. The minimum atomic E-state index is -0.440. The molecule has 0 aromatic carbocycles. The minimum absolute atomic E-state index is 0.0943. The van der Waals surface area contributed by atoms with Crippen molar-refractivity contribution in [1.29, 1.82) is 0 Å². The summed E-state index contributed by atoms with van der Waals surface area (Å²) in [6.45, 7) is 0. The van der Waals surface area contributed by atoms with Gasteiger partial charge in [-0.2, -0.15) is 0 Å². The number of fused-ring (bicyclic) bond motifs is 1. The lowest BCUT2D eigenvalue weighted by molar-refractivity contribution is -0.121. The second-order valence-corrected chi connectivity index (χ2v) is 6.04. The van der Waals surface area contributed by atoms with E-state index < -0.39 is 5.54 Å². The summed E-state index contributed by atoms with van der Waals surface area (Å²) in [6, 6.07) is 1.89. The SMILES string of the molecule is O=C1Nc2cc(Br)cnc2NC12CCCCCC2. The van der Waals surface area contributed by atoms with Gasteiger partial charge in [-0.1, -0.05) is 25.7 Å². The Morgan fingerprint density at radius 2 is 1.94 bits per heavy atom. The fourth-order valence-corrected chi connectivity index (χ4v) is 3.17. The van der Waals surface area contributed by atoms with Gasteiger partial charge in [0, 0.05) is 10.7 Å². The van der Waals surface area contributed by atoms with Crippen LogP contribution in [0.3, 0.4) is 0 Å². The second-order valence-electron chi connectivity index (χ2n) is 5.13. The Morgan fingerprint density at radius 1 is 1.22 bits per heavy atom. The standard InChI is InChI=1S/C13H16BrN3O/c14-9-7-10-11(15-8-9)17-13(12(18)16-10)5-3-1-2-4-6-13/h7-8H,1-6H2,(H,15,17)(H,16,18). The van der Waals surface area contributed by atoms with Crippen molar-refractivity contribution in [2.24, 2.45) is 0 Å². The first-order valence-corrected chi connectivity index (χ1v) is 7.24. The van der Waals surface area contributed by atoms with Gasteiger partial charge in [0.05, 0.1) is 5.69 Å². The summed E-state index contributed by atoms with van der Waals surface area (Å²) in [7, 11) is 0. The Morgan fingerprint density at radius 3 is 2.67 bits per heavy atom. The number of hydrogen-bond acceptors (Lipinski definition) is 3. The number of carbonyl (C=O) groups is 1. The number of rotatable bonds is 0. The van der Waals surface area contributed by atoms with Crippen molar-refractivity contribution in [2.75, 3.05) is 10.6 Å². The molecule has 96 valence electrons. The summed E-state index contributed by atoms with van der Waals surface area (Å²) in [5.41, 5.74) is 0.328. The second kappa shape index (κ2) is 4.53. The average Bonchev–Trinajstić information content (AvgIpc) is 2.58. The predicted molar refractivity (Wildman–Crippen MR) is 74.6 cm³/mol. The van der Waals surface area contributed by atoms with E-state index in [9.17, 15) is 4.79 Å². The molecule has 2 heterocycles. The molecule has 1 amide bonds. The number of halogens is 1. The molecule has 1 spiro atoms. The van der Waals surface area contributed by atoms with Crippen LogP contribution in [0.1, 0.15) is 38.5 Å². The van der Waals surface area contributed by atoms with Gasteiger partial charge in [-0.15, -0.1) is 0 Å². The maximum Gasteiger partial charge on any atom is 0.250 e. The van der Waals surface area contributed by atoms with Crippen molar-refractivity contribution < 1.29 is 4.79 Å². The largest absolute Gasteiger partial charge is 0.354 e. The summed E-state index contributed by atoms with van der Waals surface area (Å²) >= 11 is 3.37. The van der Waals surface area contributed by atoms with Gasteiger partial charge in [0.1, 0.15) is 5.54 Å². The number of hydrogen-bond donors (Lipinski definition) is 2. The average molecular weight is 310 g/mol. The number of amides is 1. The van der Waals surface area contributed by atoms with Crippen LogP contribution in [0.25, 0.3) is 0 Å². The third-order valence-corrected chi connectivity index (χ3v) is 4.29. The summed E-state index contributed by atoms with van der Waals surface area (Å²) in [4.78, 5) is 16.7. The van der Waals surface area contributed by atoms with Crippen LogP contribution in [0, 0.1) is 0 Å². The molecule has 0 saturated heterocycles. The number of carbonyl (C=O) groups excluding carboxylic acids is 1. The van der Waals surface area contributed by atoms with Gasteiger partial charge in [-0.25, -0.2) is 4.98 Å². The Hall–Kier alpha value is -1.10. The minimum Gasteiger partial charge on any atom is -0.354 e. The van der Waals surface area contributed by atoms with E-state index >= 15 is 0 Å². The van der Waals surface area contributed by atoms with Crippen LogP contribution in [0.2, 0.25) is 0 Å². The summed E-state index contributed by atoms with van der Waals surface area (Å²) in [5, 5.41) is 6.38. The van der Waals surface area contributed by atoms with Crippen molar-refractivity contribution >= 4 is 33.3 Å². The third kappa shape index (κ3) is 2.00. The normalized spacial score (nSPS) is 21.7. The van der Waals surface area contributed by atoms with Gasteiger partial charge in [0.25, 0.3) is 0 Å². The van der Waals surface area contributed by atoms with Crippen molar-refractivity contribution in [1.82, 2.24) is 4.98 Å². The topological polar surface area (TPSA) is 54.0 Å². The molecular formula is C13H16BrN3O. The van der Waals surface area contributed by atoms with E-state index in [1.165, 1.54) is 12.8 Å². The van der Waals surface area contributed by atoms with E-state index in [0.717, 1.165) is 41.7 Å². The maximum atomic E-state index is 12.4. The van der Waals surface area contributed by atoms with Gasteiger partial charge >= 0.3 is 0 Å². The lowest BCUT2D eigenvalue weighted by Crippen LogP contribution is -2.52. The monoisotopic (exact) mass is 309 g/mol. The Balaban J connectivity index is 1.95. The van der Waals surface area contributed by atoms with Crippen LogP contribution in [0.15, 0.2) is 16.7 Å². The third-order valence-electron chi connectivity index (χ3n) is 3.85. The molecular weight excluding hydrogens is 294 g/mol. The van der Waals surface area contributed by atoms with Gasteiger partial charge in [0.15, 0.2) is 5.82 Å². The highest BCUT2D eigenvalue weighted by Crippen LogP contribution is 2.37. The van der Waals surface area contributed by atoms with Gasteiger partial charge in [-0.05, 0) is 34.8 Å². The number of anilines is 2. The smallest absolute Gasteiger partial charge is 0.250 e. The molecule has 1 aromatic rings. The molecule has 1 aliphatic carbocycles. The predicted octanol–water partition coefficient (Wildman–Crippen LogP) is 3.30. The van der Waals surface area contributed by atoms with Gasteiger partial charge in [0.2, 0.25) is 5.91 Å². The van der Waals surface area contributed by atoms with Gasteiger partial charge < -0.3 is 10.6 Å². The summed E-state index contributed by atoms with van der Waals surface area (Å²) < 4.78 is 0.875. The fourth-order valence-electron chi connectivity index (χ4n) is 2.84. The molecule has 2 aliphatic rings. The zero-order valence-electron chi connectivity index (χ0n) is 10.1. The van der Waals surface area contributed by atoms with E-state index in [1.807, 2.05) is 6.07 Å². The molecule has 0 bridgehead atoms. The molecule has 18 heavy (non-hydrogen) atoms. The first kappa shape index (κ1) is 12.0. The quantitative estimate of drug-likeness (QED) is 0.773. The van der Waals surface area contributed by atoms with Crippen molar-refractivity contribution in [3.63, 3.8) is 0 Å². The highest BCUT2D eigenvalue weighted by molar-refractivity contribution is 9.10. The number of nitrogens with zero attached hydrogens (tertiary/aromatic N) is 1. The summed E-state index contributed by atoms with van der Waals surface area (Å²) in [5.74, 6) is 0.886. The lowest BCUT2D eigenvalue weighted by Gasteiger charge is -2.37. The molecule has 3 rings (SSSR count). The zero-order chi connectivity index (χ0) is 12.6. The van der Waals surface area contributed by atoms with Crippen molar-refractivity contribution in [3.05, 3.63) is 16.7 Å². The Bertz CT molecular complexity index is 481. The van der Waals surface area contributed by atoms with E-state index in [2.05, 4.69) is 31.5 Å². The lowest BCUT2D eigenvalue weighted by atomic mass is 9.87. The van der Waals surface area contributed by atoms with Crippen LogP contribution in [0.5, 0.6) is 0 Å². The highest BCUT2D eigenvalue weighted by atomic mass is 79.9. The van der Waals surface area contributed by atoms with E-state index in [-0.39, 0.29) is 5.91 Å². The van der Waals surface area contributed by atoms with E-state index in [0.29, 0.717) is 0 Å². The number of nitrogens with one attached hydrogen (secondary N) is 2. The molecule has 1 saturated carbocycles. The van der Waals surface area contributed by atoms with Crippen molar-refractivity contribution in [3.8, 4) is 0 Å². The van der Waals surface area contributed by atoms with Crippen LogP contribution < -0.4 is 10.6 Å². The molecule has 5 heteroatoms. The van der Waals surface area contributed by atoms with Crippen LogP contribution >= 0.6 is 15.9 Å². The Kier molecular flexibility index (Phi) is 3.01. The molecule has 0 atom stereocenters. The zero-order valence-corrected chi connectivity index (χ0v) is 11.7. The van der Waals surface area contributed by atoms with Crippen molar-refractivity contribution in [2.45, 2.75) is 44.1 Å². The van der Waals surface area contributed by atoms with Gasteiger partial charge in [-0.3, -0.25) is 4.79 Å². The van der Waals surface area contributed by atoms with Crippen LogP contribution in [0.4, 0.5) is 11.5 Å². The van der Waals surface area contributed by atoms with Crippen LogP contribution in [-0.2, 0) is 4.79 Å². The number of pyridine rings is 1. The molecule has 2 N–H and O–H groups in total. The number of aromatic nitrogens is 1. The first-order chi connectivity index (χ1) is 8.70. The Labute approximate surface area is 115 Å². The van der Waals surface area contributed by atoms with Crippen LogP contribution in [-0.4, -0.2) is 16.4 Å². The fraction of sp³-hybridized carbons (Fsp3) is 0.538. The molecule has 0 unspecified atom stereocenters. The highest BCUT2D eigenvalue weighted by Gasteiger charge is 2.42. The van der Waals surface area contributed by atoms with E-state index in [4.69, 9.17) is 0 Å².